The second-order valence-electron chi connectivity index (χ2n) is 7.18. The van der Waals surface area contributed by atoms with E-state index >= 15 is 0 Å². The van der Waals surface area contributed by atoms with Gasteiger partial charge in [0.15, 0.2) is 11.6 Å². The second-order valence-corrected chi connectivity index (χ2v) is 7.18. The van der Waals surface area contributed by atoms with Crippen LogP contribution >= 0.6 is 0 Å². The summed E-state index contributed by atoms with van der Waals surface area (Å²) in [5, 5.41) is 2.48. The summed E-state index contributed by atoms with van der Waals surface area (Å²) in [4.78, 5) is 12.2. The van der Waals surface area contributed by atoms with Gasteiger partial charge in [-0.15, -0.1) is 0 Å². The maximum Gasteiger partial charge on any atom is 0.224 e. The van der Waals surface area contributed by atoms with E-state index in [0.29, 0.717) is 12.3 Å². The number of rotatable bonds is 6. The van der Waals surface area contributed by atoms with Gasteiger partial charge in [0.25, 0.3) is 0 Å². The Bertz CT molecular complexity index is 833. The molecule has 1 amide bonds. The molecule has 2 aromatic carbocycles. The highest BCUT2D eigenvalue weighted by atomic mass is 19.2. The average molecular weight is 389 g/mol. The molecule has 0 aliphatic heterocycles. The minimum atomic E-state index is -1.02. The molecule has 0 radical (unpaired) electrons. The van der Waals surface area contributed by atoms with Gasteiger partial charge < -0.3 is 14.8 Å². The van der Waals surface area contributed by atoms with Crippen LogP contribution in [0.2, 0.25) is 0 Å². The van der Waals surface area contributed by atoms with Crippen LogP contribution in [-0.2, 0) is 4.79 Å². The van der Waals surface area contributed by atoms with Crippen molar-refractivity contribution in [3.05, 3.63) is 53.6 Å². The molecule has 0 aromatic heterocycles. The summed E-state index contributed by atoms with van der Waals surface area (Å²) in [5.41, 5.74) is 1.05. The average Bonchev–Trinajstić information content (AvgIpc) is 2.71. The van der Waals surface area contributed by atoms with Crippen LogP contribution in [0.3, 0.4) is 0 Å². The molecule has 0 heterocycles. The van der Waals surface area contributed by atoms with Crippen molar-refractivity contribution in [2.45, 2.75) is 38.0 Å². The van der Waals surface area contributed by atoms with Gasteiger partial charge in [-0.25, -0.2) is 8.78 Å². The van der Waals surface area contributed by atoms with Crippen molar-refractivity contribution in [3.8, 4) is 11.5 Å². The largest absolute Gasteiger partial charge is 0.497 e. The molecule has 0 atom stereocenters. The van der Waals surface area contributed by atoms with Gasteiger partial charge in [0, 0.05) is 12.5 Å². The van der Waals surface area contributed by atoms with Crippen LogP contribution in [0.4, 0.5) is 14.5 Å². The summed E-state index contributed by atoms with van der Waals surface area (Å²) in [6, 6.07) is 9.64. The van der Waals surface area contributed by atoms with Gasteiger partial charge in [0.05, 0.1) is 19.9 Å². The number of ether oxygens (including phenoxy) is 2. The van der Waals surface area contributed by atoms with Gasteiger partial charge in [-0.05, 0) is 61.3 Å². The van der Waals surface area contributed by atoms with E-state index in [1.165, 1.54) is 12.1 Å². The molecule has 0 saturated heterocycles. The summed E-state index contributed by atoms with van der Waals surface area (Å²) in [6.45, 7) is 0. The molecule has 1 N–H and O–H groups in total. The number of anilines is 1. The number of carbonyl (C=O) groups excluding carboxylic acids is 1. The van der Waals surface area contributed by atoms with Crippen LogP contribution in [0, 0.1) is 17.6 Å². The van der Waals surface area contributed by atoms with Gasteiger partial charge in [0.1, 0.15) is 11.5 Å². The Morgan fingerprint density at radius 3 is 2.50 bits per heavy atom. The SMILES string of the molecule is COc1ccc(C2CCC(CC(=O)Nc3cccc(F)c3F)CC2)c(OC)c1. The van der Waals surface area contributed by atoms with Gasteiger partial charge in [-0.1, -0.05) is 12.1 Å². The molecule has 0 spiro atoms. The monoisotopic (exact) mass is 389 g/mol. The third-order valence-electron chi connectivity index (χ3n) is 5.43. The number of halogens is 2. The molecule has 6 heteroatoms. The molecule has 150 valence electrons. The molecule has 1 saturated carbocycles. The summed E-state index contributed by atoms with van der Waals surface area (Å²) >= 11 is 0. The minimum Gasteiger partial charge on any atom is -0.497 e. The van der Waals surface area contributed by atoms with E-state index in [2.05, 4.69) is 5.32 Å². The zero-order valence-corrected chi connectivity index (χ0v) is 16.1. The molecular weight excluding hydrogens is 364 g/mol. The molecule has 4 nitrogen and oxygen atoms in total. The van der Waals surface area contributed by atoms with Crippen molar-refractivity contribution in [2.75, 3.05) is 19.5 Å². The zero-order chi connectivity index (χ0) is 20.1. The van der Waals surface area contributed by atoms with E-state index in [-0.39, 0.29) is 17.5 Å². The Kier molecular flexibility index (Phi) is 6.49. The Morgan fingerprint density at radius 2 is 1.82 bits per heavy atom. The van der Waals surface area contributed by atoms with Crippen LogP contribution in [0.25, 0.3) is 0 Å². The van der Waals surface area contributed by atoms with E-state index in [0.717, 1.165) is 48.8 Å². The second kappa shape index (κ2) is 9.04. The normalized spacial score (nSPS) is 19.1. The summed E-state index contributed by atoms with van der Waals surface area (Å²) in [6.07, 6.45) is 4.02. The number of hydrogen-bond acceptors (Lipinski definition) is 3. The van der Waals surface area contributed by atoms with Crippen molar-refractivity contribution in [1.29, 1.82) is 0 Å². The molecule has 2 aromatic rings. The summed E-state index contributed by atoms with van der Waals surface area (Å²) < 4.78 is 37.7. The lowest BCUT2D eigenvalue weighted by Gasteiger charge is -2.29. The lowest BCUT2D eigenvalue weighted by molar-refractivity contribution is -0.117. The Balaban J connectivity index is 1.55. The molecule has 3 rings (SSSR count). The highest BCUT2D eigenvalue weighted by molar-refractivity contribution is 5.91. The molecule has 1 aliphatic carbocycles. The van der Waals surface area contributed by atoms with Crippen molar-refractivity contribution in [2.24, 2.45) is 5.92 Å². The van der Waals surface area contributed by atoms with Crippen molar-refractivity contribution < 1.29 is 23.0 Å². The van der Waals surface area contributed by atoms with Crippen molar-refractivity contribution >= 4 is 11.6 Å². The van der Waals surface area contributed by atoms with Crippen LogP contribution < -0.4 is 14.8 Å². The number of amides is 1. The number of methoxy groups -OCH3 is 2. The smallest absolute Gasteiger partial charge is 0.224 e. The first-order valence-corrected chi connectivity index (χ1v) is 9.47. The quantitative estimate of drug-likeness (QED) is 0.731. The van der Waals surface area contributed by atoms with Gasteiger partial charge >= 0.3 is 0 Å². The lowest BCUT2D eigenvalue weighted by atomic mass is 9.77. The lowest BCUT2D eigenvalue weighted by Crippen LogP contribution is -2.21. The number of carbonyl (C=O) groups is 1. The minimum absolute atomic E-state index is 0.110. The Morgan fingerprint density at radius 1 is 1.07 bits per heavy atom. The fraction of sp³-hybridized carbons (Fsp3) is 0.409. The zero-order valence-electron chi connectivity index (χ0n) is 16.1. The predicted octanol–water partition coefficient (Wildman–Crippen LogP) is 5.28. The summed E-state index contributed by atoms with van der Waals surface area (Å²) in [5.74, 6) is -0.0801. The predicted molar refractivity (Wildman–Crippen MR) is 104 cm³/mol. The number of hydrogen-bond donors (Lipinski definition) is 1. The maximum atomic E-state index is 13.7. The van der Waals surface area contributed by atoms with Crippen LogP contribution in [0.15, 0.2) is 36.4 Å². The fourth-order valence-electron chi connectivity index (χ4n) is 3.90. The van der Waals surface area contributed by atoms with Crippen LogP contribution in [0.1, 0.15) is 43.6 Å². The van der Waals surface area contributed by atoms with E-state index in [9.17, 15) is 13.6 Å². The molecule has 0 bridgehead atoms. The van der Waals surface area contributed by atoms with Gasteiger partial charge in [-0.3, -0.25) is 4.79 Å². The molecule has 1 fully saturated rings. The van der Waals surface area contributed by atoms with Crippen molar-refractivity contribution in [3.63, 3.8) is 0 Å². The number of benzene rings is 2. The van der Waals surface area contributed by atoms with E-state index in [1.54, 1.807) is 14.2 Å². The highest BCUT2D eigenvalue weighted by Crippen LogP contribution is 2.41. The topological polar surface area (TPSA) is 47.6 Å². The Hall–Kier alpha value is -2.63. The molecule has 28 heavy (non-hydrogen) atoms. The van der Waals surface area contributed by atoms with Crippen LogP contribution in [-0.4, -0.2) is 20.1 Å². The summed E-state index contributed by atoms with van der Waals surface area (Å²) in [7, 11) is 3.28. The maximum absolute atomic E-state index is 13.7. The molecule has 0 unspecified atom stereocenters. The first-order chi connectivity index (χ1) is 13.5. The third kappa shape index (κ3) is 4.61. The van der Waals surface area contributed by atoms with Gasteiger partial charge in [-0.2, -0.15) is 0 Å². The van der Waals surface area contributed by atoms with E-state index in [4.69, 9.17) is 9.47 Å². The fourth-order valence-corrected chi connectivity index (χ4v) is 3.90. The van der Waals surface area contributed by atoms with Crippen LogP contribution in [0.5, 0.6) is 11.5 Å². The van der Waals surface area contributed by atoms with Gasteiger partial charge in [0.2, 0.25) is 5.91 Å². The number of nitrogens with one attached hydrogen (secondary N) is 1. The highest BCUT2D eigenvalue weighted by Gasteiger charge is 2.26. The van der Waals surface area contributed by atoms with E-state index < -0.39 is 11.6 Å². The first-order valence-electron chi connectivity index (χ1n) is 9.47. The molecular formula is C22H25F2NO3. The Labute approximate surface area is 163 Å². The standard InChI is InChI=1S/C22H25F2NO3/c1-27-16-10-11-17(20(13-16)28-2)15-8-6-14(7-9-15)12-21(26)25-19-5-3-4-18(23)22(19)24/h3-5,10-11,13-15H,6-9,12H2,1-2H3,(H,25,26). The molecule has 1 aliphatic rings. The van der Waals surface area contributed by atoms with Crippen molar-refractivity contribution in [1.82, 2.24) is 0 Å². The third-order valence-corrected chi connectivity index (χ3v) is 5.43. The first kappa shape index (κ1) is 20.1. The van der Waals surface area contributed by atoms with E-state index in [1.807, 2.05) is 18.2 Å².